The van der Waals surface area contributed by atoms with Crippen molar-refractivity contribution in [2.24, 2.45) is 0 Å². The molecule has 0 spiro atoms. The Labute approximate surface area is 136 Å². The van der Waals surface area contributed by atoms with Gasteiger partial charge in [0, 0.05) is 37.3 Å². The van der Waals surface area contributed by atoms with E-state index in [0.717, 1.165) is 18.8 Å². The third kappa shape index (κ3) is 3.41. The van der Waals surface area contributed by atoms with E-state index in [4.69, 9.17) is 4.74 Å². The van der Waals surface area contributed by atoms with Gasteiger partial charge in [0.15, 0.2) is 0 Å². The van der Waals surface area contributed by atoms with Crippen molar-refractivity contribution in [3.63, 3.8) is 0 Å². The van der Waals surface area contributed by atoms with Crippen molar-refractivity contribution in [2.45, 2.75) is 38.3 Å². The Morgan fingerprint density at radius 2 is 2.04 bits per heavy atom. The number of aromatic nitrogens is 2. The number of aliphatic hydroxyl groups excluding tert-OH is 1. The summed E-state index contributed by atoms with van der Waals surface area (Å²) in [5.74, 6) is -0.119. The number of hydrogen-bond acceptors (Lipinski definition) is 5. The minimum atomic E-state index is -0.516. The Bertz CT molecular complexity index is 560. The predicted molar refractivity (Wildman–Crippen MR) is 85.4 cm³/mol. The van der Waals surface area contributed by atoms with Crippen LogP contribution >= 0.6 is 0 Å². The Morgan fingerprint density at radius 3 is 2.65 bits per heavy atom. The summed E-state index contributed by atoms with van der Waals surface area (Å²) in [6.07, 6.45) is -0.516. The maximum atomic E-state index is 12.7. The quantitative estimate of drug-likeness (QED) is 0.814. The van der Waals surface area contributed by atoms with E-state index in [-0.39, 0.29) is 17.4 Å². The smallest absolute Gasteiger partial charge is 0.274 e. The first kappa shape index (κ1) is 16.4. The topological polar surface area (TPSA) is 81.7 Å². The van der Waals surface area contributed by atoms with Gasteiger partial charge in [-0.15, -0.1) is 0 Å². The zero-order valence-corrected chi connectivity index (χ0v) is 14.1. The average Bonchev–Trinajstić information content (AvgIpc) is 3.14. The van der Waals surface area contributed by atoms with Crippen LogP contribution in [0.3, 0.4) is 0 Å². The summed E-state index contributed by atoms with van der Waals surface area (Å²) in [4.78, 5) is 16.6. The molecular formula is C16H26N4O3. The molecule has 0 aliphatic carbocycles. The van der Waals surface area contributed by atoms with Crippen molar-refractivity contribution in [1.29, 1.82) is 0 Å². The number of likely N-dealkylation sites (tertiary alicyclic amines) is 1. The molecule has 7 heteroatoms. The Kier molecular flexibility index (Phi) is 4.44. The molecule has 0 aromatic carbocycles. The lowest BCUT2D eigenvalue weighted by atomic mass is 9.92. The van der Waals surface area contributed by atoms with Gasteiger partial charge in [0.05, 0.1) is 25.4 Å². The fourth-order valence-electron chi connectivity index (χ4n) is 3.18. The molecule has 2 aliphatic heterocycles. The summed E-state index contributed by atoms with van der Waals surface area (Å²) in [5.41, 5.74) is 1.28. The highest BCUT2D eigenvalue weighted by Gasteiger charge is 2.39. The summed E-state index contributed by atoms with van der Waals surface area (Å²) >= 11 is 0. The van der Waals surface area contributed by atoms with Gasteiger partial charge in [0.2, 0.25) is 0 Å². The number of rotatable bonds is 2. The zero-order chi connectivity index (χ0) is 16.6. The van der Waals surface area contributed by atoms with Gasteiger partial charge < -0.3 is 14.7 Å². The Morgan fingerprint density at radius 1 is 1.35 bits per heavy atom. The van der Waals surface area contributed by atoms with Crippen LogP contribution in [0, 0.1) is 0 Å². The van der Waals surface area contributed by atoms with E-state index in [1.807, 2.05) is 6.07 Å². The van der Waals surface area contributed by atoms with E-state index in [2.05, 4.69) is 35.9 Å². The molecule has 0 saturated carbocycles. The number of carbonyl (C=O) groups is 1. The van der Waals surface area contributed by atoms with Crippen LogP contribution in [-0.2, 0) is 10.2 Å². The maximum absolute atomic E-state index is 12.7. The molecule has 0 bridgehead atoms. The van der Waals surface area contributed by atoms with E-state index >= 15 is 0 Å². The van der Waals surface area contributed by atoms with E-state index in [1.165, 1.54) is 0 Å². The summed E-state index contributed by atoms with van der Waals surface area (Å²) in [6.45, 7) is 10.1. The largest absolute Gasteiger partial charge is 0.390 e. The van der Waals surface area contributed by atoms with Crippen molar-refractivity contribution >= 4 is 5.91 Å². The van der Waals surface area contributed by atoms with E-state index in [9.17, 15) is 9.90 Å². The number of carbonyl (C=O) groups excluding carboxylic acids is 1. The molecule has 7 nitrogen and oxygen atoms in total. The third-order valence-corrected chi connectivity index (χ3v) is 4.67. The molecule has 128 valence electrons. The van der Waals surface area contributed by atoms with Crippen LogP contribution in [-0.4, -0.2) is 82.5 Å². The first-order valence-electron chi connectivity index (χ1n) is 8.21. The number of β-amino-alcohol motifs (C(OH)–C–C–N with tert-alkyl or cyclic N) is 1. The van der Waals surface area contributed by atoms with E-state index in [1.54, 1.807) is 4.90 Å². The van der Waals surface area contributed by atoms with Gasteiger partial charge in [0.25, 0.3) is 5.91 Å². The molecule has 1 aromatic heterocycles. The summed E-state index contributed by atoms with van der Waals surface area (Å²) < 4.78 is 5.35. The SMILES string of the molecule is CC(C)(C)c1cc(C(=O)N2C[C@@H](O)[C@H](N3CCOCC3)C2)n[nH]1. The van der Waals surface area contributed by atoms with Crippen LogP contribution in [0.15, 0.2) is 6.07 Å². The minimum absolute atomic E-state index is 0.0103. The molecule has 0 unspecified atom stereocenters. The lowest BCUT2D eigenvalue weighted by molar-refractivity contribution is -0.00611. The number of amides is 1. The number of ether oxygens (including phenoxy) is 1. The molecule has 2 saturated heterocycles. The van der Waals surface area contributed by atoms with Crippen molar-refractivity contribution in [3.05, 3.63) is 17.5 Å². The average molecular weight is 322 g/mol. The number of morpholine rings is 1. The highest BCUT2D eigenvalue weighted by Crippen LogP contribution is 2.23. The second-order valence-corrected chi connectivity index (χ2v) is 7.41. The molecule has 2 aliphatic rings. The van der Waals surface area contributed by atoms with Crippen LogP contribution in [0.25, 0.3) is 0 Å². The maximum Gasteiger partial charge on any atom is 0.274 e. The molecule has 2 N–H and O–H groups in total. The number of aliphatic hydroxyl groups is 1. The lowest BCUT2D eigenvalue weighted by Gasteiger charge is -2.33. The van der Waals surface area contributed by atoms with Crippen LogP contribution in [0.2, 0.25) is 0 Å². The van der Waals surface area contributed by atoms with Crippen LogP contribution in [0.1, 0.15) is 37.0 Å². The number of nitrogens with one attached hydrogen (secondary N) is 1. The first-order chi connectivity index (χ1) is 10.9. The molecule has 23 heavy (non-hydrogen) atoms. The molecule has 1 amide bonds. The van der Waals surface area contributed by atoms with E-state index in [0.29, 0.717) is 32.0 Å². The highest BCUT2D eigenvalue weighted by molar-refractivity contribution is 5.92. The standard InChI is InChI=1S/C16H26N4O3/c1-16(2,3)14-8-11(17-18-14)15(22)20-9-12(13(21)10-20)19-4-6-23-7-5-19/h8,12-13,21H,4-7,9-10H2,1-3H3,(H,17,18)/t12-,13-/m1/s1. The van der Waals surface area contributed by atoms with Crippen molar-refractivity contribution < 1.29 is 14.6 Å². The van der Waals surface area contributed by atoms with Crippen LogP contribution in [0.5, 0.6) is 0 Å². The van der Waals surface area contributed by atoms with Gasteiger partial charge in [-0.05, 0) is 6.07 Å². The summed E-state index contributed by atoms with van der Waals surface area (Å²) in [6, 6.07) is 1.81. The third-order valence-electron chi connectivity index (χ3n) is 4.67. The van der Waals surface area contributed by atoms with Crippen LogP contribution < -0.4 is 0 Å². The minimum Gasteiger partial charge on any atom is -0.390 e. The second kappa shape index (κ2) is 6.22. The van der Waals surface area contributed by atoms with Crippen molar-refractivity contribution in [2.75, 3.05) is 39.4 Å². The Hall–Kier alpha value is -1.44. The molecule has 3 rings (SSSR count). The van der Waals surface area contributed by atoms with Gasteiger partial charge >= 0.3 is 0 Å². The number of hydrogen-bond donors (Lipinski definition) is 2. The van der Waals surface area contributed by atoms with Gasteiger partial charge in [-0.25, -0.2) is 0 Å². The molecule has 2 atom stereocenters. The predicted octanol–water partition coefficient (Wildman–Crippen LogP) is 0.225. The molecule has 1 aromatic rings. The number of nitrogens with zero attached hydrogens (tertiary/aromatic N) is 3. The molecular weight excluding hydrogens is 296 g/mol. The number of aromatic amines is 1. The van der Waals surface area contributed by atoms with Gasteiger partial charge in [0.1, 0.15) is 5.69 Å². The molecule has 3 heterocycles. The molecule has 0 radical (unpaired) electrons. The summed E-state index contributed by atoms with van der Waals surface area (Å²) in [5, 5.41) is 17.4. The van der Waals surface area contributed by atoms with E-state index < -0.39 is 6.10 Å². The zero-order valence-electron chi connectivity index (χ0n) is 14.1. The molecule has 2 fully saturated rings. The monoisotopic (exact) mass is 322 g/mol. The lowest BCUT2D eigenvalue weighted by Crippen LogP contribution is -2.49. The first-order valence-corrected chi connectivity index (χ1v) is 8.21. The van der Waals surface area contributed by atoms with Gasteiger partial charge in [-0.2, -0.15) is 5.10 Å². The van der Waals surface area contributed by atoms with Gasteiger partial charge in [-0.3, -0.25) is 14.8 Å². The Balaban J connectivity index is 1.67. The second-order valence-electron chi connectivity index (χ2n) is 7.41. The van der Waals surface area contributed by atoms with Gasteiger partial charge in [-0.1, -0.05) is 20.8 Å². The van der Waals surface area contributed by atoms with Crippen molar-refractivity contribution in [1.82, 2.24) is 20.0 Å². The fourth-order valence-corrected chi connectivity index (χ4v) is 3.18. The fraction of sp³-hybridized carbons (Fsp3) is 0.750. The highest BCUT2D eigenvalue weighted by atomic mass is 16.5. The number of H-pyrrole nitrogens is 1. The normalized spacial score (nSPS) is 26.7. The summed E-state index contributed by atoms with van der Waals surface area (Å²) in [7, 11) is 0. The van der Waals surface area contributed by atoms with Crippen LogP contribution in [0.4, 0.5) is 0 Å². The van der Waals surface area contributed by atoms with Crippen molar-refractivity contribution in [3.8, 4) is 0 Å².